The molecule has 1 heterocycles. The van der Waals surface area contributed by atoms with Crippen LogP contribution < -0.4 is 0 Å². The third kappa shape index (κ3) is 1.83. The second-order valence-corrected chi connectivity index (χ2v) is 4.96. The number of pyridine rings is 1. The van der Waals surface area contributed by atoms with Crippen molar-refractivity contribution in [2.45, 2.75) is 38.5 Å². The second kappa shape index (κ2) is 3.61. The maximum Gasteiger partial charge on any atom is 0.213 e. The normalized spacial score (nSPS) is 16.4. The zero-order valence-electron chi connectivity index (χ0n) is 8.35. The summed E-state index contributed by atoms with van der Waals surface area (Å²) in [4.78, 5) is 3.96. The van der Waals surface area contributed by atoms with E-state index in [4.69, 9.17) is 0 Å². The summed E-state index contributed by atoms with van der Waals surface area (Å²) in [5, 5.41) is 0. The quantitative estimate of drug-likeness (QED) is 0.731. The molecule has 0 aromatic carbocycles. The summed E-state index contributed by atoms with van der Waals surface area (Å²) in [5.41, 5.74) is 1.94. The minimum Gasteiger partial charge on any atom is -0.223 e. The Labute approximate surface area is 91.9 Å². The van der Waals surface area contributed by atoms with Crippen molar-refractivity contribution < 1.29 is 4.39 Å². The van der Waals surface area contributed by atoms with Crippen molar-refractivity contribution in [1.29, 1.82) is 0 Å². The predicted molar refractivity (Wildman–Crippen MR) is 58.0 cm³/mol. The summed E-state index contributed by atoms with van der Waals surface area (Å²) >= 11 is 3.53. The number of halogens is 2. The van der Waals surface area contributed by atoms with Crippen molar-refractivity contribution in [3.05, 3.63) is 27.7 Å². The smallest absolute Gasteiger partial charge is 0.213 e. The van der Waals surface area contributed by atoms with Gasteiger partial charge in [-0.05, 0) is 46.3 Å². The van der Waals surface area contributed by atoms with E-state index < -0.39 is 0 Å². The lowest BCUT2D eigenvalue weighted by molar-refractivity contribution is 0.570. The molecule has 76 valence electrons. The van der Waals surface area contributed by atoms with Gasteiger partial charge in [-0.15, -0.1) is 0 Å². The van der Waals surface area contributed by atoms with Gasteiger partial charge >= 0.3 is 0 Å². The first-order valence-electron chi connectivity index (χ1n) is 4.95. The molecule has 0 bridgehead atoms. The van der Waals surface area contributed by atoms with Crippen LogP contribution in [-0.2, 0) is 0 Å². The van der Waals surface area contributed by atoms with Gasteiger partial charge < -0.3 is 0 Å². The Morgan fingerprint density at radius 3 is 2.64 bits per heavy atom. The fraction of sp³-hybridized carbons (Fsp3) is 0.545. The number of nitrogens with zero attached hydrogens (tertiary/aromatic N) is 1. The molecule has 0 amide bonds. The van der Waals surface area contributed by atoms with Crippen LogP contribution in [0, 0.1) is 5.95 Å². The molecular weight excluding hydrogens is 245 g/mol. The van der Waals surface area contributed by atoms with Gasteiger partial charge in [-0.2, -0.15) is 4.39 Å². The highest BCUT2D eigenvalue weighted by molar-refractivity contribution is 9.10. The monoisotopic (exact) mass is 257 g/mol. The third-order valence-electron chi connectivity index (χ3n) is 2.57. The number of aromatic nitrogens is 1. The highest BCUT2D eigenvalue weighted by Crippen LogP contribution is 2.44. The third-order valence-corrected chi connectivity index (χ3v) is 3.43. The maximum atomic E-state index is 13.2. The lowest BCUT2D eigenvalue weighted by Gasteiger charge is -2.11. The van der Waals surface area contributed by atoms with Crippen LogP contribution in [-0.4, -0.2) is 4.98 Å². The molecule has 0 spiro atoms. The van der Waals surface area contributed by atoms with Crippen LogP contribution in [0.15, 0.2) is 10.5 Å². The number of hydrogen-bond donors (Lipinski definition) is 0. The molecule has 14 heavy (non-hydrogen) atoms. The van der Waals surface area contributed by atoms with E-state index in [1.807, 2.05) is 0 Å². The molecule has 3 heteroatoms. The van der Waals surface area contributed by atoms with Crippen molar-refractivity contribution in [2.24, 2.45) is 0 Å². The van der Waals surface area contributed by atoms with E-state index in [-0.39, 0.29) is 5.95 Å². The topological polar surface area (TPSA) is 12.9 Å². The maximum absolute atomic E-state index is 13.2. The Morgan fingerprint density at radius 2 is 2.14 bits per heavy atom. The molecule has 0 unspecified atom stereocenters. The highest BCUT2D eigenvalue weighted by atomic mass is 79.9. The molecule has 1 aliphatic carbocycles. The van der Waals surface area contributed by atoms with Crippen molar-refractivity contribution in [3.8, 4) is 0 Å². The summed E-state index contributed by atoms with van der Waals surface area (Å²) in [6.07, 6.45) is 2.29. The van der Waals surface area contributed by atoms with Crippen LogP contribution in [0.2, 0.25) is 0 Å². The molecule has 1 aromatic rings. The summed E-state index contributed by atoms with van der Waals surface area (Å²) in [6.45, 7) is 4.13. The van der Waals surface area contributed by atoms with Gasteiger partial charge in [-0.25, -0.2) is 4.98 Å². The van der Waals surface area contributed by atoms with E-state index in [0.717, 1.165) is 28.6 Å². The van der Waals surface area contributed by atoms with Crippen LogP contribution in [0.3, 0.4) is 0 Å². The fourth-order valence-electron chi connectivity index (χ4n) is 1.58. The Hall–Kier alpha value is -0.440. The molecule has 2 rings (SSSR count). The molecule has 0 N–H and O–H groups in total. The first kappa shape index (κ1) is 10.1. The number of hydrogen-bond acceptors (Lipinski definition) is 1. The van der Waals surface area contributed by atoms with Gasteiger partial charge in [0.15, 0.2) is 0 Å². The molecule has 1 aromatic heterocycles. The molecular formula is C11H13BrFN. The van der Waals surface area contributed by atoms with Crippen LogP contribution in [0.4, 0.5) is 4.39 Å². The Balaban J connectivity index is 2.49. The Morgan fingerprint density at radius 1 is 1.50 bits per heavy atom. The Bertz CT molecular complexity index is 335. The van der Waals surface area contributed by atoms with E-state index in [9.17, 15) is 4.39 Å². The van der Waals surface area contributed by atoms with Gasteiger partial charge in [0.1, 0.15) is 0 Å². The lowest BCUT2D eigenvalue weighted by atomic mass is 10.0. The second-order valence-electron chi connectivity index (χ2n) is 4.16. The first-order valence-corrected chi connectivity index (χ1v) is 5.74. The molecule has 0 atom stereocenters. The van der Waals surface area contributed by atoms with E-state index in [0.29, 0.717) is 11.8 Å². The van der Waals surface area contributed by atoms with Crippen molar-refractivity contribution >= 4 is 15.9 Å². The molecule has 0 radical (unpaired) electrons. The van der Waals surface area contributed by atoms with E-state index >= 15 is 0 Å². The van der Waals surface area contributed by atoms with Gasteiger partial charge in [0.25, 0.3) is 0 Å². The van der Waals surface area contributed by atoms with Crippen molar-refractivity contribution in [1.82, 2.24) is 4.98 Å². The van der Waals surface area contributed by atoms with Gasteiger partial charge in [-0.1, -0.05) is 13.8 Å². The van der Waals surface area contributed by atoms with Gasteiger partial charge in [-0.3, -0.25) is 0 Å². The summed E-state index contributed by atoms with van der Waals surface area (Å²) in [5.74, 6) is 0.468. The SMILES string of the molecule is CC(C)c1cc(F)nc(C2CC2)c1Br. The van der Waals surface area contributed by atoms with E-state index in [1.54, 1.807) is 0 Å². The van der Waals surface area contributed by atoms with Crippen molar-refractivity contribution in [3.63, 3.8) is 0 Å². The first-order chi connectivity index (χ1) is 6.59. The minimum absolute atomic E-state index is 0.333. The van der Waals surface area contributed by atoms with Gasteiger partial charge in [0.2, 0.25) is 5.95 Å². The van der Waals surface area contributed by atoms with E-state index in [1.165, 1.54) is 6.07 Å². The minimum atomic E-state index is -0.348. The van der Waals surface area contributed by atoms with Crippen LogP contribution in [0.1, 0.15) is 49.8 Å². The largest absolute Gasteiger partial charge is 0.223 e. The fourth-order valence-corrected chi connectivity index (χ4v) is 2.57. The zero-order valence-corrected chi connectivity index (χ0v) is 9.94. The highest BCUT2D eigenvalue weighted by Gasteiger charge is 2.29. The standard InChI is InChI=1S/C11H13BrFN/c1-6(2)8-5-9(13)14-11(10(8)12)7-3-4-7/h5-7H,3-4H2,1-2H3. The van der Waals surface area contributed by atoms with Gasteiger partial charge in [0.05, 0.1) is 5.69 Å². The molecule has 1 fully saturated rings. The van der Waals surface area contributed by atoms with Crippen molar-refractivity contribution in [2.75, 3.05) is 0 Å². The average Bonchev–Trinajstić information content (AvgIpc) is 2.91. The molecule has 0 saturated heterocycles. The van der Waals surface area contributed by atoms with Gasteiger partial charge in [0, 0.05) is 10.4 Å². The Kier molecular flexibility index (Phi) is 2.60. The van der Waals surface area contributed by atoms with Crippen LogP contribution in [0.5, 0.6) is 0 Å². The lowest BCUT2D eigenvalue weighted by Crippen LogP contribution is -1.99. The van der Waals surface area contributed by atoms with Crippen LogP contribution in [0.25, 0.3) is 0 Å². The van der Waals surface area contributed by atoms with Crippen LogP contribution >= 0.6 is 15.9 Å². The summed E-state index contributed by atoms with van der Waals surface area (Å²) in [6, 6.07) is 1.53. The molecule has 1 aliphatic rings. The van der Waals surface area contributed by atoms with E-state index in [2.05, 4.69) is 34.8 Å². The summed E-state index contributed by atoms with van der Waals surface area (Å²) < 4.78 is 14.2. The average molecular weight is 258 g/mol. The molecule has 1 nitrogen and oxygen atoms in total. The predicted octanol–water partition coefficient (Wildman–Crippen LogP) is 3.98. The summed E-state index contributed by atoms with van der Waals surface area (Å²) in [7, 11) is 0. The zero-order chi connectivity index (χ0) is 10.3. The molecule has 0 aliphatic heterocycles. The number of rotatable bonds is 2. The molecule has 1 saturated carbocycles.